The highest BCUT2D eigenvalue weighted by Crippen LogP contribution is 2.37. The Morgan fingerprint density at radius 1 is 0.896 bits per heavy atom. The minimum absolute atomic E-state index is 0.394. The molecule has 0 saturated carbocycles. The van der Waals surface area contributed by atoms with Gasteiger partial charge in [0.1, 0.15) is 0 Å². The lowest BCUT2D eigenvalue weighted by Crippen LogP contribution is -2.28. The van der Waals surface area contributed by atoms with Crippen LogP contribution in [0.2, 0.25) is 0 Å². The van der Waals surface area contributed by atoms with Crippen molar-refractivity contribution in [1.29, 1.82) is 0 Å². The topological polar surface area (TPSA) is 104 Å². The molecule has 0 aliphatic carbocycles. The van der Waals surface area contributed by atoms with Crippen molar-refractivity contribution in [2.45, 2.75) is 37.3 Å². The SMILES string of the molecule is COOSc1ccc(/C(=C\c2cccc(-c3cc(C(C)(C)S(C)(=O)=O)cc4cccnc34)c2)c2nc(C)no2)cc1.Cc1ccccc1. The average Bonchev–Trinajstić information content (AvgIpc) is 3.52. The Labute approximate surface area is 285 Å². The molecule has 0 radical (unpaired) electrons. The van der Waals surface area contributed by atoms with E-state index in [1.807, 2.05) is 97.1 Å². The second-order valence-corrected chi connectivity index (χ2v) is 15.0. The Kier molecular flexibility index (Phi) is 10.9. The molecule has 0 saturated heterocycles. The summed E-state index contributed by atoms with van der Waals surface area (Å²) < 4.78 is 34.8. The molecule has 8 nitrogen and oxygen atoms in total. The van der Waals surface area contributed by atoms with Crippen LogP contribution >= 0.6 is 12.0 Å². The van der Waals surface area contributed by atoms with Gasteiger partial charge in [0.2, 0.25) is 0 Å². The Balaban J connectivity index is 0.000000572. The van der Waals surface area contributed by atoms with Crippen molar-refractivity contribution in [3.05, 3.63) is 143 Å². The Morgan fingerprint density at radius 3 is 2.27 bits per heavy atom. The second-order valence-electron chi connectivity index (χ2n) is 11.7. The zero-order valence-corrected chi connectivity index (χ0v) is 29.3. The van der Waals surface area contributed by atoms with Crippen LogP contribution < -0.4 is 0 Å². The summed E-state index contributed by atoms with van der Waals surface area (Å²) in [5.41, 5.74) is 7.09. The van der Waals surface area contributed by atoms with E-state index in [1.165, 1.54) is 18.9 Å². The molecule has 6 aromatic rings. The summed E-state index contributed by atoms with van der Waals surface area (Å²) >= 11 is 1.11. The van der Waals surface area contributed by atoms with Gasteiger partial charge < -0.3 is 4.52 Å². The molecule has 246 valence electrons. The molecule has 0 bridgehead atoms. The molecule has 2 heterocycles. The van der Waals surface area contributed by atoms with Gasteiger partial charge in [-0.3, -0.25) is 4.98 Å². The summed E-state index contributed by atoms with van der Waals surface area (Å²) in [7, 11) is -1.93. The maximum atomic E-state index is 12.7. The Morgan fingerprint density at radius 2 is 1.65 bits per heavy atom. The van der Waals surface area contributed by atoms with Crippen molar-refractivity contribution in [1.82, 2.24) is 15.1 Å². The van der Waals surface area contributed by atoms with Crippen LogP contribution in [0.25, 0.3) is 33.7 Å². The van der Waals surface area contributed by atoms with Crippen LogP contribution in [0.3, 0.4) is 0 Å². The number of sulfone groups is 1. The minimum atomic E-state index is -3.38. The van der Waals surface area contributed by atoms with Gasteiger partial charge in [0.25, 0.3) is 5.89 Å². The largest absolute Gasteiger partial charge is 0.334 e. The van der Waals surface area contributed by atoms with Crippen LogP contribution in [-0.2, 0) is 23.8 Å². The lowest BCUT2D eigenvalue weighted by Gasteiger charge is -2.24. The molecule has 0 aliphatic rings. The van der Waals surface area contributed by atoms with E-state index < -0.39 is 14.6 Å². The fourth-order valence-electron chi connectivity index (χ4n) is 4.91. The maximum absolute atomic E-state index is 12.7. The Hall–Kier alpha value is -4.61. The summed E-state index contributed by atoms with van der Waals surface area (Å²) in [5.74, 6) is 0.925. The van der Waals surface area contributed by atoms with Crippen molar-refractivity contribution >= 4 is 44.4 Å². The van der Waals surface area contributed by atoms with Crippen LogP contribution in [0.4, 0.5) is 0 Å². The fourth-order valence-corrected chi connectivity index (χ4v) is 5.85. The van der Waals surface area contributed by atoms with Gasteiger partial charge in [0.05, 0.1) is 29.4 Å². The van der Waals surface area contributed by atoms with Crippen LogP contribution in [0.1, 0.15) is 47.8 Å². The van der Waals surface area contributed by atoms with Gasteiger partial charge in [-0.2, -0.15) is 9.32 Å². The average molecular weight is 680 g/mol. The first kappa shape index (κ1) is 34.7. The summed E-state index contributed by atoms with van der Waals surface area (Å²) in [5, 5.41) is 4.86. The molecule has 6 rings (SSSR count). The smallest absolute Gasteiger partial charge is 0.258 e. The predicted molar refractivity (Wildman–Crippen MR) is 193 cm³/mol. The van der Waals surface area contributed by atoms with Crippen molar-refractivity contribution < 1.29 is 22.2 Å². The lowest BCUT2D eigenvalue weighted by atomic mass is 9.92. The van der Waals surface area contributed by atoms with Crippen molar-refractivity contribution in [3.63, 3.8) is 0 Å². The molecule has 0 spiro atoms. The van der Waals surface area contributed by atoms with Crippen LogP contribution in [-0.4, -0.2) is 36.9 Å². The third-order valence-electron chi connectivity index (χ3n) is 7.90. The van der Waals surface area contributed by atoms with Gasteiger partial charge in [0.15, 0.2) is 15.7 Å². The molecule has 2 aromatic heterocycles. The molecule has 0 amide bonds. The normalized spacial score (nSPS) is 12.1. The fraction of sp³-hybridized carbons (Fsp3) is 0.184. The highest BCUT2D eigenvalue weighted by molar-refractivity contribution is 7.94. The molecule has 48 heavy (non-hydrogen) atoms. The second kappa shape index (κ2) is 15.1. The number of aryl methyl sites for hydroxylation is 2. The third kappa shape index (κ3) is 8.26. The molecule has 4 aromatic carbocycles. The van der Waals surface area contributed by atoms with E-state index in [2.05, 4.69) is 39.1 Å². The summed E-state index contributed by atoms with van der Waals surface area (Å²) in [6.07, 6.45) is 5.00. The number of aromatic nitrogens is 3. The van der Waals surface area contributed by atoms with Crippen LogP contribution in [0.5, 0.6) is 0 Å². The van der Waals surface area contributed by atoms with E-state index in [-0.39, 0.29) is 0 Å². The summed E-state index contributed by atoms with van der Waals surface area (Å²) in [4.78, 5) is 14.7. The highest BCUT2D eigenvalue weighted by Gasteiger charge is 2.33. The van der Waals surface area contributed by atoms with E-state index in [0.29, 0.717) is 17.3 Å². The van der Waals surface area contributed by atoms with Gasteiger partial charge in [-0.1, -0.05) is 77.5 Å². The first-order chi connectivity index (χ1) is 23.0. The third-order valence-corrected chi connectivity index (χ3v) is 10.7. The highest BCUT2D eigenvalue weighted by atomic mass is 32.2. The van der Waals surface area contributed by atoms with E-state index in [9.17, 15) is 8.42 Å². The van der Waals surface area contributed by atoms with Gasteiger partial charge in [-0.05, 0) is 92.4 Å². The molecule has 10 heteroatoms. The zero-order valence-electron chi connectivity index (χ0n) is 27.7. The monoisotopic (exact) mass is 679 g/mol. The Bertz CT molecular complexity index is 2140. The number of hydrogen-bond donors (Lipinski definition) is 0. The molecular weight excluding hydrogens is 643 g/mol. The number of pyridine rings is 1. The lowest BCUT2D eigenvalue weighted by molar-refractivity contribution is -0.160. The quantitative estimate of drug-likeness (QED) is 0.0641. The number of fused-ring (bicyclic) bond motifs is 1. The maximum Gasteiger partial charge on any atom is 0.258 e. The molecule has 0 atom stereocenters. The van der Waals surface area contributed by atoms with E-state index >= 15 is 0 Å². The predicted octanol–water partition coefficient (Wildman–Crippen LogP) is 9.04. The standard InChI is InChI=1S/C31H29N3O5S2.C7H8/c1-20-33-30(38-34-20)28(22-11-13-26(14-12-22)40-39-37-4)17-21-8-6-9-23(16-21)27-19-25(31(2,3)41(5,35)36)18-24-10-7-15-32-29(24)27;1-7-5-3-2-4-6-7/h6-19H,1-5H3;2-6H,1H3/b28-17+;. The first-order valence-electron chi connectivity index (χ1n) is 15.2. The van der Waals surface area contributed by atoms with E-state index in [4.69, 9.17) is 8.86 Å². The molecule has 0 unspecified atom stereocenters. The minimum Gasteiger partial charge on any atom is -0.334 e. The zero-order chi connectivity index (χ0) is 34.3. The van der Waals surface area contributed by atoms with Gasteiger partial charge in [-0.25, -0.2) is 13.3 Å². The summed E-state index contributed by atoms with van der Waals surface area (Å²) in [6.45, 7) is 7.31. The number of hydrogen-bond acceptors (Lipinski definition) is 9. The van der Waals surface area contributed by atoms with Gasteiger partial charge in [-0.15, -0.1) is 0 Å². The molecular formula is C38H37N3O5S2. The molecule has 0 fully saturated rings. The first-order valence-corrected chi connectivity index (χ1v) is 17.8. The van der Waals surface area contributed by atoms with Crippen molar-refractivity contribution in [2.24, 2.45) is 0 Å². The van der Waals surface area contributed by atoms with Crippen molar-refractivity contribution in [3.8, 4) is 11.1 Å². The van der Waals surface area contributed by atoms with E-state index in [0.717, 1.165) is 55.7 Å². The molecule has 0 aliphatic heterocycles. The van der Waals surface area contributed by atoms with Crippen molar-refractivity contribution in [2.75, 3.05) is 13.4 Å². The number of nitrogens with zero attached hydrogens (tertiary/aromatic N) is 3. The van der Waals surface area contributed by atoms with Crippen LogP contribution in [0, 0.1) is 13.8 Å². The van der Waals surface area contributed by atoms with Gasteiger partial charge >= 0.3 is 0 Å². The number of rotatable bonds is 9. The van der Waals surface area contributed by atoms with Gasteiger partial charge in [0, 0.05) is 33.9 Å². The van der Waals surface area contributed by atoms with E-state index in [1.54, 1.807) is 27.0 Å². The molecule has 0 N–H and O–H groups in total. The summed E-state index contributed by atoms with van der Waals surface area (Å²) in [6, 6.07) is 33.6. The van der Waals surface area contributed by atoms with Crippen LogP contribution in [0.15, 0.2) is 119 Å². The number of benzene rings is 4.